The Bertz CT molecular complexity index is 699. The van der Waals surface area contributed by atoms with Gasteiger partial charge in [-0.2, -0.15) is 0 Å². The standard InChI is InChI=1S/C13H17N5O4/c14-10-8-11(16-5-15-10)18(6-17-8)12-13(2-1-3-21-13)9(20)7(4-19)22-12/h5-7,9,12,19-20H,1-4H2,(H2,14,15,16)/t7-,9-,12?,13-/m1/s1. The van der Waals surface area contributed by atoms with E-state index in [1.807, 2.05) is 0 Å². The molecule has 2 aliphatic rings. The van der Waals surface area contributed by atoms with E-state index in [4.69, 9.17) is 15.2 Å². The molecule has 0 aromatic carbocycles. The molecule has 2 fully saturated rings. The highest BCUT2D eigenvalue weighted by molar-refractivity contribution is 5.81. The summed E-state index contributed by atoms with van der Waals surface area (Å²) in [5.41, 5.74) is 5.89. The molecule has 1 spiro atoms. The minimum absolute atomic E-state index is 0.280. The molecule has 0 saturated carbocycles. The lowest BCUT2D eigenvalue weighted by Crippen LogP contribution is -2.46. The molecule has 1 unspecified atom stereocenters. The molecule has 4 heterocycles. The predicted octanol–water partition coefficient (Wildman–Crippen LogP) is -0.792. The summed E-state index contributed by atoms with van der Waals surface area (Å²) in [6, 6.07) is 0. The van der Waals surface area contributed by atoms with E-state index in [0.29, 0.717) is 24.2 Å². The first-order valence-corrected chi connectivity index (χ1v) is 7.19. The highest BCUT2D eigenvalue weighted by Crippen LogP contribution is 2.47. The third-order valence-electron chi connectivity index (χ3n) is 4.48. The average Bonchev–Trinajstić information content (AvgIpc) is 3.21. The summed E-state index contributed by atoms with van der Waals surface area (Å²) < 4.78 is 13.4. The van der Waals surface area contributed by atoms with Gasteiger partial charge in [0.1, 0.15) is 29.7 Å². The number of nitrogens with zero attached hydrogens (tertiary/aromatic N) is 4. The lowest BCUT2D eigenvalue weighted by atomic mass is 9.91. The van der Waals surface area contributed by atoms with E-state index in [1.165, 1.54) is 6.33 Å². The largest absolute Gasteiger partial charge is 0.394 e. The zero-order chi connectivity index (χ0) is 15.3. The molecule has 118 valence electrons. The summed E-state index contributed by atoms with van der Waals surface area (Å²) in [5, 5.41) is 20.0. The second kappa shape index (κ2) is 4.85. The molecule has 2 aliphatic heterocycles. The topological polar surface area (TPSA) is 129 Å². The Labute approximate surface area is 125 Å². The molecule has 2 aromatic rings. The average molecular weight is 307 g/mol. The highest BCUT2D eigenvalue weighted by Gasteiger charge is 2.59. The maximum Gasteiger partial charge on any atom is 0.168 e. The van der Waals surface area contributed by atoms with E-state index in [0.717, 1.165) is 6.42 Å². The molecule has 0 aliphatic carbocycles. The zero-order valence-electron chi connectivity index (χ0n) is 11.8. The van der Waals surface area contributed by atoms with Crippen molar-refractivity contribution in [2.24, 2.45) is 0 Å². The van der Waals surface area contributed by atoms with E-state index in [9.17, 15) is 10.2 Å². The Morgan fingerprint density at radius 2 is 2.27 bits per heavy atom. The van der Waals surface area contributed by atoms with Gasteiger partial charge in [0.15, 0.2) is 17.7 Å². The van der Waals surface area contributed by atoms with Crippen molar-refractivity contribution in [3.8, 4) is 0 Å². The van der Waals surface area contributed by atoms with E-state index in [2.05, 4.69) is 15.0 Å². The Kier molecular flexibility index (Phi) is 3.05. The van der Waals surface area contributed by atoms with Crippen LogP contribution in [0.1, 0.15) is 19.1 Å². The third-order valence-corrected chi connectivity index (χ3v) is 4.48. The van der Waals surface area contributed by atoms with Gasteiger partial charge in [0.25, 0.3) is 0 Å². The van der Waals surface area contributed by atoms with Gasteiger partial charge in [-0.1, -0.05) is 0 Å². The molecule has 4 rings (SSSR count). The van der Waals surface area contributed by atoms with Gasteiger partial charge in [-0.05, 0) is 12.8 Å². The Morgan fingerprint density at radius 1 is 1.41 bits per heavy atom. The molecule has 2 saturated heterocycles. The van der Waals surface area contributed by atoms with Gasteiger partial charge >= 0.3 is 0 Å². The molecule has 9 nitrogen and oxygen atoms in total. The minimum atomic E-state index is -0.915. The van der Waals surface area contributed by atoms with Crippen LogP contribution in [-0.2, 0) is 9.47 Å². The lowest BCUT2D eigenvalue weighted by molar-refractivity contribution is -0.119. The van der Waals surface area contributed by atoms with Crippen LogP contribution in [-0.4, -0.2) is 60.8 Å². The zero-order valence-corrected chi connectivity index (χ0v) is 11.8. The maximum atomic E-state index is 10.5. The van der Waals surface area contributed by atoms with Crippen LogP contribution >= 0.6 is 0 Å². The van der Waals surface area contributed by atoms with Crippen molar-refractivity contribution in [3.63, 3.8) is 0 Å². The molecule has 22 heavy (non-hydrogen) atoms. The summed E-state index contributed by atoms with van der Waals surface area (Å²) in [6.45, 7) is 0.255. The highest BCUT2D eigenvalue weighted by atomic mass is 16.6. The van der Waals surface area contributed by atoms with Crippen LogP contribution in [0.5, 0.6) is 0 Å². The van der Waals surface area contributed by atoms with Gasteiger partial charge in [0.2, 0.25) is 0 Å². The first-order chi connectivity index (χ1) is 10.7. The molecular weight excluding hydrogens is 290 g/mol. The number of rotatable bonds is 2. The van der Waals surface area contributed by atoms with E-state index < -0.39 is 24.0 Å². The third kappa shape index (κ3) is 1.70. The second-order valence-corrected chi connectivity index (χ2v) is 5.64. The van der Waals surface area contributed by atoms with Crippen molar-refractivity contribution in [3.05, 3.63) is 12.7 Å². The molecule has 0 bridgehead atoms. The van der Waals surface area contributed by atoms with Crippen LogP contribution in [0.4, 0.5) is 5.82 Å². The summed E-state index contributed by atoms with van der Waals surface area (Å²) in [5.74, 6) is 0.280. The smallest absolute Gasteiger partial charge is 0.168 e. The van der Waals surface area contributed by atoms with Gasteiger partial charge < -0.3 is 25.4 Å². The van der Waals surface area contributed by atoms with Crippen LogP contribution in [0.25, 0.3) is 11.2 Å². The van der Waals surface area contributed by atoms with E-state index >= 15 is 0 Å². The van der Waals surface area contributed by atoms with Crippen molar-refractivity contribution in [1.82, 2.24) is 19.5 Å². The first-order valence-electron chi connectivity index (χ1n) is 7.19. The predicted molar refractivity (Wildman–Crippen MR) is 74.7 cm³/mol. The number of hydrogen-bond donors (Lipinski definition) is 3. The number of anilines is 1. The van der Waals surface area contributed by atoms with Gasteiger partial charge in [0.05, 0.1) is 12.9 Å². The first kappa shape index (κ1) is 13.8. The van der Waals surface area contributed by atoms with Crippen LogP contribution in [0, 0.1) is 0 Å². The Morgan fingerprint density at radius 3 is 3.00 bits per heavy atom. The van der Waals surface area contributed by atoms with Crippen LogP contribution in [0.15, 0.2) is 12.7 Å². The monoisotopic (exact) mass is 307 g/mol. The fourth-order valence-electron chi connectivity index (χ4n) is 3.41. The number of hydrogen-bond acceptors (Lipinski definition) is 8. The summed E-state index contributed by atoms with van der Waals surface area (Å²) in [6.07, 6.45) is 2.11. The number of fused-ring (bicyclic) bond motifs is 1. The molecule has 4 atom stereocenters. The van der Waals surface area contributed by atoms with Crippen LogP contribution in [0.3, 0.4) is 0 Å². The maximum absolute atomic E-state index is 10.5. The van der Waals surface area contributed by atoms with Crippen molar-refractivity contribution in [2.45, 2.75) is 36.9 Å². The molecule has 9 heteroatoms. The Hall–Kier alpha value is -1.81. The van der Waals surface area contributed by atoms with Crippen LogP contribution in [0.2, 0.25) is 0 Å². The SMILES string of the molecule is Nc1ncnc2c1ncn2C1O[C@H](CO)[C@@H](O)[C@]12CCCO2. The lowest BCUT2D eigenvalue weighted by Gasteiger charge is -2.31. The number of nitrogen functional groups attached to an aromatic ring is 1. The number of aromatic nitrogens is 4. The second-order valence-electron chi connectivity index (χ2n) is 5.64. The molecule has 0 radical (unpaired) electrons. The number of ether oxygens (including phenoxy) is 2. The van der Waals surface area contributed by atoms with Gasteiger partial charge in [-0.15, -0.1) is 0 Å². The fraction of sp³-hybridized carbons (Fsp3) is 0.615. The van der Waals surface area contributed by atoms with Gasteiger partial charge in [0, 0.05) is 6.61 Å². The molecular formula is C13H17N5O4. The minimum Gasteiger partial charge on any atom is -0.394 e. The number of aliphatic hydroxyl groups excluding tert-OH is 2. The van der Waals surface area contributed by atoms with Crippen molar-refractivity contribution in [1.29, 1.82) is 0 Å². The molecule has 4 N–H and O–H groups in total. The number of aliphatic hydroxyl groups is 2. The molecule has 0 amide bonds. The van der Waals surface area contributed by atoms with Crippen molar-refractivity contribution in [2.75, 3.05) is 18.9 Å². The Balaban J connectivity index is 1.84. The quantitative estimate of drug-likeness (QED) is 0.658. The van der Waals surface area contributed by atoms with Crippen molar-refractivity contribution < 1.29 is 19.7 Å². The fourth-order valence-corrected chi connectivity index (χ4v) is 3.41. The summed E-state index contributed by atoms with van der Waals surface area (Å²) >= 11 is 0. The van der Waals surface area contributed by atoms with Gasteiger partial charge in [-0.3, -0.25) is 4.57 Å². The number of nitrogens with two attached hydrogens (primary N) is 1. The van der Waals surface area contributed by atoms with Gasteiger partial charge in [-0.25, -0.2) is 15.0 Å². The normalized spacial score (nSPS) is 34.9. The van der Waals surface area contributed by atoms with E-state index in [-0.39, 0.29) is 12.4 Å². The summed E-state index contributed by atoms with van der Waals surface area (Å²) in [7, 11) is 0. The summed E-state index contributed by atoms with van der Waals surface area (Å²) in [4.78, 5) is 12.3. The van der Waals surface area contributed by atoms with E-state index in [1.54, 1.807) is 10.9 Å². The molecule has 2 aromatic heterocycles. The number of imidazole rings is 1. The van der Waals surface area contributed by atoms with Crippen LogP contribution < -0.4 is 5.73 Å². The van der Waals surface area contributed by atoms with Crippen molar-refractivity contribution >= 4 is 17.0 Å².